The minimum Gasteiger partial charge on any atom is -0.351 e. The molecule has 0 spiro atoms. The first-order chi connectivity index (χ1) is 11.3. The van der Waals surface area contributed by atoms with Crippen LogP contribution in [0.3, 0.4) is 0 Å². The minimum atomic E-state index is 0.0377. The maximum Gasteiger partial charge on any atom is 0.229 e. The number of rotatable bonds is 4. The molecular formula is C16H20N6O. The highest BCUT2D eigenvalue weighted by Crippen LogP contribution is 2.20. The molecule has 7 nitrogen and oxygen atoms in total. The summed E-state index contributed by atoms with van der Waals surface area (Å²) in [6.45, 7) is 1.23. The summed E-state index contributed by atoms with van der Waals surface area (Å²) >= 11 is 0. The van der Waals surface area contributed by atoms with Crippen LogP contribution in [0.15, 0.2) is 47.6 Å². The number of para-hydroxylation sites is 1. The van der Waals surface area contributed by atoms with Crippen LogP contribution in [-0.2, 0) is 11.3 Å². The average Bonchev–Trinajstić information content (AvgIpc) is 3.22. The largest absolute Gasteiger partial charge is 0.351 e. The number of anilines is 1. The molecule has 1 unspecified atom stereocenters. The Hall–Kier alpha value is -2.83. The van der Waals surface area contributed by atoms with Crippen LogP contribution in [0.5, 0.6) is 0 Å². The first kappa shape index (κ1) is 15.1. The topological polar surface area (TPSA) is 85.4 Å². The number of hydrogen-bond donors (Lipinski definition) is 3. The standard InChI is InChI=1S/C16H20N6O/c1-17-16(18-10-12-7-8-19-21-12)20-13-9-15(23)22(11-13)14-5-3-2-4-6-14/h2-8,13H,9-11H2,1H3,(H,19,21)(H2,17,18,20). The summed E-state index contributed by atoms with van der Waals surface area (Å²) in [5, 5.41) is 13.3. The third-order valence-electron chi connectivity index (χ3n) is 3.76. The van der Waals surface area contributed by atoms with Crippen molar-refractivity contribution in [2.24, 2.45) is 4.99 Å². The fourth-order valence-corrected chi connectivity index (χ4v) is 2.61. The molecule has 2 heterocycles. The molecule has 120 valence electrons. The van der Waals surface area contributed by atoms with E-state index in [4.69, 9.17) is 0 Å². The van der Waals surface area contributed by atoms with E-state index in [1.807, 2.05) is 36.4 Å². The Labute approximate surface area is 134 Å². The van der Waals surface area contributed by atoms with E-state index in [0.29, 0.717) is 25.5 Å². The van der Waals surface area contributed by atoms with E-state index in [-0.39, 0.29) is 11.9 Å². The molecule has 3 rings (SSSR count). The molecule has 1 atom stereocenters. The Bertz CT molecular complexity index is 667. The van der Waals surface area contributed by atoms with Crippen LogP contribution in [0.2, 0.25) is 0 Å². The summed E-state index contributed by atoms with van der Waals surface area (Å²) < 4.78 is 0. The summed E-state index contributed by atoms with van der Waals surface area (Å²) in [5.41, 5.74) is 1.91. The lowest BCUT2D eigenvalue weighted by molar-refractivity contribution is -0.117. The maximum atomic E-state index is 12.2. The van der Waals surface area contributed by atoms with Crippen molar-refractivity contribution in [3.05, 3.63) is 48.3 Å². The molecule has 2 aromatic rings. The van der Waals surface area contributed by atoms with Crippen LogP contribution in [0.4, 0.5) is 5.69 Å². The van der Waals surface area contributed by atoms with Gasteiger partial charge in [0.2, 0.25) is 5.91 Å². The third-order valence-corrected chi connectivity index (χ3v) is 3.76. The minimum absolute atomic E-state index is 0.0377. The predicted octanol–water partition coefficient (Wildman–Crippen LogP) is 0.880. The smallest absolute Gasteiger partial charge is 0.229 e. The van der Waals surface area contributed by atoms with Crippen molar-refractivity contribution in [3.63, 3.8) is 0 Å². The lowest BCUT2D eigenvalue weighted by Gasteiger charge is -2.18. The lowest BCUT2D eigenvalue weighted by Crippen LogP contribution is -2.44. The van der Waals surface area contributed by atoms with E-state index < -0.39 is 0 Å². The second-order valence-electron chi connectivity index (χ2n) is 5.39. The first-order valence-electron chi connectivity index (χ1n) is 7.57. The molecule has 1 saturated heterocycles. The van der Waals surface area contributed by atoms with Gasteiger partial charge in [0, 0.05) is 31.9 Å². The number of H-pyrrole nitrogens is 1. The van der Waals surface area contributed by atoms with E-state index in [1.54, 1.807) is 18.1 Å². The van der Waals surface area contributed by atoms with Crippen LogP contribution < -0.4 is 15.5 Å². The van der Waals surface area contributed by atoms with Gasteiger partial charge in [-0.25, -0.2) is 0 Å². The monoisotopic (exact) mass is 312 g/mol. The van der Waals surface area contributed by atoms with Crippen LogP contribution >= 0.6 is 0 Å². The van der Waals surface area contributed by atoms with Crippen molar-refractivity contribution in [1.29, 1.82) is 0 Å². The van der Waals surface area contributed by atoms with E-state index >= 15 is 0 Å². The summed E-state index contributed by atoms with van der Waals surface area (Å²) in [5.74, 6) is 0.796. The van der Waals surface area contributed by atoms with E-state index in [9.17, 15) is 4.79 Å². The normalized spacial score (nSPS) is 18.3. The Balaban J connectivity index is 1.56. The highest BCUT2D eigenvalue weighted by molar-refractivity contribution is 5.97. The number of hydrogen-bond acceptors (Lipinski definition) is 3. The quantitative estimate of drug-likeness (QED) is 0.578. The Kier molecular flexibility index (Phi) is 4.56. The number of aliphatic imine (C=N–C) groups is 1. The molecule has 0 saturated carbocycles. The van der Waals surface area contributed by atoms with Crippen LogP contribution in [0, 0.1) is 0 Å². The van der Waals surface area contributed by atoms with Gasteiger partial charge >= 0.3 is 0 Å². The molecule has 1 aromatic heterocycles. The molecule has 23 heavy (non-hydrogen) atoms. The zero-order chi connectivity index (χ0) is 16.1. The van der Waals surface area contributed by atoms with Gasteiger partial charge in [-0.1, -0.05) is 18.2 Å². The molecule has 7 heteroatoms. The SMILES string of the molecule is CN=C(NCc1ccn[nH]1)NC1CC(=O)N(c2ccccc2)C1. The molecular weight excluding hydrogens is 292 g/mol. The second kappa shape index (κ2) is 6.95. The fraction of sp³-hybridized carbons (Fsp3) is 0.312. The van der Waals surface area contributed by atoms with Gasteiger partial charge < -0.3 is 15.5 Å². The second-order valence-corrected chi connectivity index (χ2v) is 5.39. The van der Waals surface area contributed by atoms with Crippen molar-refractivity contribution in [2.75, 3.05) is 18.5 Å². The van der Waals surface area contributed by atoms with Crippen LogP contribution in [0.25, 0.3) is 0 Å². The summed E-state index contributed by atoms with van der Waals surface area (Å²) in [6, 6.07) is 11.7. The van der Waals surface area contributed by atoms with Crippen molar-refractivity contribution >= 4 is 17.6 Å². The molecule has 1 amide bonds. The fourth-order valence-electron chi connectivity index (χ4n) is 2.61. The van der Waals surface area contributed by atoms with Gasteiger partial charge in [-0.2, -0.15) is 5.10 Å². The van der Waals surface area contributed by atoms with Crippen molar-refractivity contribution in [1.82, 2.24) is 20.8 Å². The first-order valence-corrected chi connectivity index (χ1v) is 7.57. The van der Waals surface area contributed by atoms with Gasteiger partial charge in [-0.05, 0) is 18.2 Å². The molecule has 0 bridgehead atoms. The van der Waals surface area contributed by atoms with Gasteiger partial charge in [0.15, 0.2) is 5.96 Å². The number of aromatic amines is 1. The number of carbonyl (C=O) groups is 1. The molecule has 0 radical (unpaired) electrons. The lowest BCUT2D eigenvalue weighted by atomic mass is 10.2. The van der Waals surface area contributed by atoms with Gasteiger partial charge in [-0.15, -0.1) is 0 Å². The highest BCUT2D eigenvalue weighted by Gasteiger charge is 2.30. The van der Waals surface area contributed by atoms with Gasteiger partial charge in [0.25, 0.3) is 0 Å². The molecule has 0 aliphatic carbocycles. The summed E-state index contributed by atoms with van der Waals surface area (Å²) in [7, 11) is 1.72. The van der Waals surface area contributed by atoms with Gasteiger partial charge in [-0.3, -0.25) is 14.9 Å². The number of nitrogens with one attached hydrogen (secondary N) is 3. The van der Waals surface area contributed by atoms with E-state index in [1.165, 1.54) is 0 Å². The number of benzene rings is 1. The maximum absolute atomic E-state index is 12.2. The zero-order valence-corrected chi connectivity index (χ0v) is 13.0. The molecule has 1 aliphatic heterocycles. The number of aromatic nitrogens is 2. The van der Waals surface area contributed by atoms with Crippen LogP contribution in [-0.4, -0.2) is 41.7 Å². The molecule has 1 aromatic carbocycles. The van der Waals surface area contributed by atoms with Crippen molar-refractivity contribution in [2.45, 2.75) is 19.0 Å². The predicted molar refractivity (Wildman–Crippen MR) is 89.1 cm³/mol. The number of nitrogens with zero attached hydrogens (tertiary/aromatic N) is 3. The van der Waals surface area contributed by atoms with E-state index in [2.05, 4.69) is 25.8 Å². The highest BCUT2D eigenvalue weighted by atomic mass is 16.2. The average molecular weight is 312 g/mol. The molecule has 1 fully saturated rings. The van der Waals surface area contributed by atoms with Crippen molar-refractivity contribution in [3.8, 4) is 0 Å². The number of amides is 1. The zero-order valence-electron chi connectivity index (χ0n) is 13.0. The van der Waals surface area contributed by atoms with Crippen LogP contribution in [0.1, 0.15) is 12.1 Å². The molecule has 3 N–H and O–H groups in total. The van der Waals surface area contributed by atoms with Gasteiger partial charge in [0.05, 0.1) is 18.3 Å². The Morgan fingerprint density at radius 1 is 1.39 bits per heavy atom. The number of carbonyl (C=O) groups excluding carboxylic acids is 1. The Morgan fingerprint density at radius 3 is 2.91 bits per heavy atom. The third kappa shape index (κ3) is 3.68. The number of guanidine groups is 1. The summed E-state index contributed by atoms with van der Waals surface area (Å²) in [6.07, 6.45) is 2.17. The summed E-state index contributed by atoms with van der Waals surface area (Å²) in [4.78, 5) is 18.2. The van der Waals surface area contributed by atoms with Gasteiger partial charge in [0.1, 0.15) is 0 Å². The Morgan fingerprint density at radius 2 is 2.22 bits per heavy atom. The molecule has 1 aliphatic rings. The van der Waals surface area contributed by atoms with Crippen molar-refractivity contribution < 1.29 is 4.79 Å². The van der Waals surface area contributed by atoms with E-state index in [0.717, 1.165) is 11.4 Å².